The molecule has 26 heavy (non-hydrogen) atoms. The quantitative estimate of drug-likeness (QED) is 0.780. The fraction of sp³-hybridized carbons (Fsp3) is 0.263. The number of nitrogens with zero attached hydrogens (tertiary/aromatic N) is 1. The molecule has 0 saturated carbocycles. The number of hydrogen-bond acceptors (Lipinski definition) is 3. The first kappa shape index (κ1) is 20.1. The van der Waals surface area contributed by atoms with Gasteiger partial charge < -0.3 is 15.0 Å². The normalized spacial score (nSPS) is 11.5. The number of carbonyl (C=O) groups is 2. The van der Waals surface area contributed by atoms with E-state index in [0.29, 0.717) is 15.8 Å². The number of carbonyl (C=O) groups excluding carboxylic acids is 2. The Bertz CT molecular complexity index is 766. The van der Waals surface area contributed by atoms with Gasteiger partial charge in [-0.05, 0) is 36.8 Å². The van der Waals surface area contributed by atoms with Crippen LogP contribution in [0.15, 0.2) is 48.5 Å². The molecular weight excluding hydrogens is 375 g/mol. The van der Waals surface area contributed by atoms with E-state index in [-0.39, 0.29) is 25.0 Å². The number of likely N-dealkylation sites (N-methyl/N-ethyl adjacent to an activating group) is 1. The van der Waals surface area contributed by atoms with Gasteiger partial charge in [-0.1, -0.05) is 47.5 Å². The highest BCUT2D eigenvalue weighted by molar-refractivity contribution is 6.32. The first-order valence-electron chi connectivity index (χ1n) is 8.05. The van der Waals surface area contributed by atoms with Gasteiger partial charge in [0.15, 0.2) is 6.61 Å². The van der Waals surface area contributed by atoms with Gasteiger partial charge in [0.2, 0.25) is 5.91 Å². The molecule has 2 aromatic rings. The summed E-state index contributed by atoms with van der Waals surface area (Å²) in [7, 11) is 1.53. The van der Waals surface area contributed by atoms with Crippen LogP contribution in [-0.4, -0.2) is 36.4 Å². The Hall–Kier alpha value is -2.24. The molecular formula is C19H20Cl2N2O3. The zero-order chi connectivity index (χ0) is 19.1. The SMILES string of the molecule is CNC(=O)[C@@H](C)N(Cc1ccc(Cl)cc1)C(=O)COc1ccccc1Cl. The third-order valence-electron chi connectivity index (χ3n) is 3.87. The molecule has 2 rings (SSSR count). The maximum atomic E-state index is 12.7. The summed E-state index contributed by atoms with van der Waals surface area (Å²) >= 11 is 11.9. The first-order chi connectivity index (χ1) is 12.4. The van der Waals surface area contributed by atoms with E-state index in [2.05, 4.69) is 5.32 Å². The van der Waals surface area contributed by atoms with Crippen LogP contribution in [0, 0.1) is 0 Å². The standard InChI is InChI=1S/C19H20Cl2N2O3/c1-13(19(25)22-2)23(11-14-7-9-15(20)10-8-14)18(24)12-26-17-6-4-3-5-16(17)21/h3-10,13H,11-12H2,1-2H3,(H,22,25)/t13-/m1/s1. The first-order valence-corrected chi connectivity index (χ1v) is 8.80. The highest BCUT2D eigenvalue weighted by Gasteiger charge is 2.26. The van der Waals surface area contributed by atoms with E-state index in [1.165, 1.54) is 11.9 Å². The lowest BCUT2D eigenvalue weighted by molar-refractivity contribution is -0.142. The Morgan fingerprint density at radius 2 is 1.77 bits per heavy atom. The molecule has 2 amide bonds. The van der Waals surface area contributed by atoms with Crippen molar-refractivity contribution in [1.82, 2.24) is 10.2 Å². The Balaban J connectivity index is 2.13. The van der Waals surface area contributed by atoms with Gasteiger partial charge in [0.25, 0.3) is 5.91 Å². The molecule has 0 heterocycles. The highest BCUT2D eigenvalue weighted by atomic mass is 35.5. The van der Waals surface area contributed by atoms with Gasteiger partial charge in [0.1, 0.15) is 11.8 Å². The van der Waals surface area contributed by atoms with Gasteiger partial charge in [0, 0.05) is 18.6 Å². The third-order valence-corrected chi connectivity index (χ3v) is 4.43. The van der Waals surface area contributed by atoms with Crippen LogP contribution in [-0.2, 0) is 16.1 Å². The number of benzene rings is 2. The molecule has 0 aliphatic rings. The molecule has 138 valence electrons. The number of rotatable bonds is 7. The smallest absolute Gasteiger partial charge is 0.261 e. The Labute approximate surface area is 162 Å². The van der Waals surface area contributed by atoms with Gasteiger partial charge in [-0.2, -0.15) is 0 Å². The molecule has 2 aromatic carbocycles. The molecule has 7 heteroatoms. The van der Waals surface area contributed by atoms with Crippen molar-refractivity contribution in [2.75, 3.05) is 13.7 Å². The van der Waals surface area contributed by atoms with E-state index in [4.69, 9.17) is 27.9 Å². The summed E-state index contributed by atoms with van der Waals surface area (Å²) in [6.07, 6.45) is 0. The molecule has 0 aromatic heterocycles. The second-order valence-corrected chi connectivity index (χ2v) is 6.50. The minimum absolute atomic E-state index is 0.224. The molecule has 0 radical (unpaired) electrons. The van der Waals surface area contributed by atoms with Crippen LogP contribution in [0.2, 0.25) is 10.0 Å². The van der Waals surface area contributed by atoms with Crippen molar-refractivity contribution in [3.63, 3.8) is 0 Å². The van der Waals surface area contributed by atoms with Crippen molar-refractivity contribution < 1.29 is 14.3 Å². The molecule has 5 nitrogen and oxygen atoms in total. The molecule has 0 fully saturated rings. The summed E-state index contributed by atoms with van der Waals surface area (Å²) in [4.78, 5) is 26.2. The molecule has 1 atom stereocenters. The topological polar surface area (TPSA) is 58.6 Å². The molecule has 0 saturated heterocycles. The maximum absolute atomic E-state index is 12.7. The predicted octanol–water partition coefficient (Wildman–Crippen LogP) is 3.54. The maximum Gasteiger partial charge on any atom is 0.261 e. The van der Waals surface area contributed by atoms with Crippen molar-refractivity contribution in [2.24, 2.45) is 0 Å². The molecule has 0 aliphatic carbocycles. The summed E-state index contributed by atoms with van der Waals surface area (Å²) in [5, 5.41) is 3.59. The minimum Gasteiger partial charge on any atom is -0.482 e. The Morgan fingerprint density at radius 1 is 1.12 bits per heavy atom. The molecule has 0 unspecified atom stereocenters. The zero-order valence-electron chi connectivity index (χ0n) is 14.5. The van der Waals surface area contributed by atoms with Gasteiger partial charge in [0.05, 0.1) is 5.02 Å². The third kappa shape index (κ3) is 5.38. The van der Waals surface area contributed by atoms with E-state index >= 15 is 0 Å². The lowest BCUT2D eigenvalue weighted by Gasteiger charge is -2.28. The van der Waals surface area contributed by atoms with Crippen molar-refractivity contribution >= 4 is 35.0 Å². The van der Waals surface area contributed by atoms with Crippen molar-refractivity contribution in [3.05, 3.63) is 64.1 Å². The van der Waals surface area contributed by atoms with Crippen LogP contribution in [0.3, 0.4) is 0 Å². The second kappa shape index (κ2) is 9.46. The summed E-state index contributed by atoms with van der Waals surface area (Å²) < 4.78 is 5.52. The van der Waals surface area contributed by atoms with Gasteiger partial charge >= 0.3 is 0 Å². The van der Waals surface area contributed by atoms with Gasteiger partial charge in [-0.3, -0.25) is 9.59 Å². The number of ether oxygens (including phenoxy) is 1. The van der Waals surface area contributed by atoms with E-state index < -0.39 is 6.04 Å². The van der Waals surface area contributed by atoms with Crippen molar-refractivity contribution in [2.45, 2.75) is 19.5 Å². The van der Waals surface area contributed by atoms with Gasteiger partial charge in [-0.25, -0.2) is 0 Å². The van der Waals surface area contributed by atoms with E-state index in [9.17, 15) is 9.59 Å². The van der Waals surface area contributed by atoms with Crippen LogP contribution in [0.4, 0.5) is 0 Å². The van der Waals surface area contributed by atoms with Crippen LogP contribution in [0.1, 0.15) is 12.5 Å². The summed E-state index contributed by atoms with van der Waals surface area (Å²) in [5.41, 5.74) is 0.858. The van der Waals surface area contributed by atoms with Crippen LogP contribution in [0.25, 0.3) is 0 Å². The van der Waals surface area contributed by atoms with Crippen molar-refractivity contribution in [3.8, 4) is 5.75 Å². The number of nitrogens with one attached hydrogen (secondary N) is 1. The van der Waals surface area contributed by atoms with Crippen LogP contribution in [0.5, 0.6) is 5.75 Å². The predicted molar refractivity (Wildman–Crippen MR) is 102 cm³/mol. The average Bonchev–Trinajstić information content (AvgIpc) is 2.65. The fourth-order valence-corrected chi connectivity index (χ4v) is 2.68. The number of hydrogen-bond donors (Lipinski definition) is 1. The highest BCUT2D eigenvalue weighted by Crippen LogP contribution is 2.23. The Kier molecular flexibility index (Phi) is 7.30. The summed E-state index contributed by atoms with van der Waals surface area (Å²) in [6.45, 7) is 1.71. The monoisotopic (exact) mass is 394 g/mol. The number of para-hydroxylation sites is 1. The lowest BCUT2D eigenvalue weighted by Crippen LogP contribution is -2.48. The summed E-state index contributed by atoms with van der Waals surface area (Å²) in [5.74, 6) is -0.164. The fourth-order valence-electron chi connectivity index (χ4n) is 2.36. The molecule has 1 N–H and O–H groups in total. The Morgan fingerprint density at radius 3 is 2.38 bits per heavy atom. The zero-order valence-corrected chi connectivity index (χ0v) is 16.1. The average molecular weight is 395 g/mol. The number of halogens is 2. The lowest BCUT2D eigenvalue weighted by atomic mass is 10.1. The largest absolute Gasteiger partial charge is 0.482 e. The molecule has 0 aliphatic heterocycles. The van der Waals surface area contributed by atoms with Crippen LogP contribution < -0.4 is 10.1 Å². The number of amides is 2. The van der Waals surface area contributed by atoms with E-state index in [0.717, 1.165) is 5.56 Å². The van der Waals surface area contributed by atoms with Crippen LogP contribution >= 0.6 is 23.2 Å². The van der Waals surface area contributed by atoms with E-state index in [1.54, 1.807) is 43.3 Å². The molecule has 0 spiro atoms. The molecule has 0 bridgehead atoms. The van der Waals surface area contributed by atoms with E-state index in [1.807, 2.05) is 12.1 Å². The summed E-state index contributed by atoms with van der Waals surface area (Å²) in [6, 6.07) is 13.4. The second-order valence-electron chi connectivity index (χ2n) is 5.66. The van der Waals surface area contributed by atoms with Gasteiger partial charge in [-0.15, -0.1) is 0 Å². The minimum atomic E-state index is -0.655. The van der Waals surface area contributed by atoms with Crippen molar-refractivity contribution in [1.29, 1.82) is 0 Å².